The Morgan fingerprint density at radius 2 is 1.29 bits per heavy atom. The minimum absolute atomic E-state index is 0.236. The van der Waals surface area contributed by atoms with Gasteiger partial charge < -0.3 is 24.3 Å². The first-order valence-electron chi connectivity index (χ1n) is 8.05. The van der Waals surface area contributed by atoms with Crippen LogP contribution < -0.4 is 11.1 Å². The van der Waals surface area contributed by atoms with Crippen LogP contribution in [0.25, 0.3) is 0 Å². The summed E-state index contributed by atoms with van der Waals surface area (Å²) in [6, 6.07) is -0.579. The molecule has 0 atom stereocenters. The third-order valence-electron chi connectivity index (χ3n) is 2.94. The van der Waals surface area contributed by atoms with Crippen molar-refractivity contribution in [3.05, 3.63) is 0 Å². The van der Waals surface area contributed by atoms with Crippen LogP contribution in [0.2, 0.25) is 0 Å². The highest BCUT2D eigenvalue weighted by molar-refractivity contribution is 6.61. The third-order valence-corrected chi connectivity index (χ3v) is 5.48. The largest absolute Gasteiger partial charge is 0.521 e. The second kappa shape index (κ2) is 13.1. The highest BCUT2D eigenvalue weighted by Gasteiger charge is 2.41. The Kier molecular flexibility index (Phi) is 12.7. The molecule has 0 spiro atoms. The Bertz CT molecular complexity index is 241. The van der Waals surface area contributed by atoms with Crippen molar-refractivity contribution < 1.29 is 18.1 Å². The lowest BCUT2D eigenvalue weighted by Crippen LogP contribution is -2.56. The number of nitrogens with two attached hydrogens (primary N) is 1. The number of carbonyl (C=O) groups excluding carboxylic acids is 1. The summed E-state index contributed by atoms with van der Waals surface area (Å²) in [4.78, 5) is 11.0. The molecule has 2 amide bonds. The van der Waals surface area contributed by atoms with Crippen LogP contribution in [0.15, 0.2) is 0 Å². The van der Waals surface area contributed by atoms with E-state index in [0.717, 1.165) is 38.5 Å². The van der Waals surface area contributed by atoms with E-state index >= 15 is 0 Å². The summed E-state index contributed by atoms with van der Waals surface area (Å²) in [6.07, 6.45) is 6.19. The fourth-order valence-corrected chi connectivity index (χ4v) is 3.90. The summed E-state index contributed by atoms with van der Waals surface area (Å²) >= 11 is 0. The second-order valence-corrected chi connectivity index (χ2v) is 7.59. The lowest BCUT2D eigenvalue weighted by atomic mass is 10.4. The van der Waals surface area contributed by atoms with Gasteiger partial charge >= 0.3 is 14.8 Å². The average molecular weight is 321 g/mol. The van der Waals surface area contributed by atoms with E-state index in [2.05, 4.69) is 26.1 Å². The molecule has 0 aromatic heterocycles. The standard InChI is InChI=1S/C14H32N2O4Si/c1-4-7-10-18-21(13-16-14(15)17,19-11-8-5-2)20-12-9-6-3/h4-13H2,1-3H3,(H3,15,16,17). The number of amides is 2. The smallest absolute Gasteiger partial charge is 0.372 e. The quantitative estimate of drug-likeness (QED) is 0.381. The molecule has 0 fully saturated rings. The van der Waals surface area contributed by atoms with Gasteiger partial charge in [-0.3, -0.25) is 0 Å². The van der Waals surface area contributed by atoms with Crippen LogP contribution in [0, 0.1) is 0 Å². The van der Waals surface area contributed by atoms with Crippen LogP contribution in [0.4, 0.5) is 4.79 Å². The molecule has 0 aliphatic carbocycles. The fourth-order valence-electron chi connectivity index (χ4n) is 1.59. The summed E-state index contributed by atoms with van der Waals surface area (Å²) in [5.74, 6) is 0. The predicted octanol–water partition coefficient (Wildman–Crippen LogP) is 2.58. The van der Waals surface area contributed by atoms with Crippen molar-refractivity contribution in [3.63, 3.8) is 0 Å². The number of carbonyl (C=O) groups is 1. The van der Waals surface area contributed by atoms with Crippen LogP contribution in [-0.4, -0.2) is 40.8 Å². The van der Waals surface area contributed by atoms with Gasteiger partial charge in [-0.15, -0.1) is 0 Å². The number of unbranched alkanes of at least 4 members (excludes halogenated alkanes) is 3. The van der Waals surface area contributed by atoms with Gasteiger partial charge in [-0.25, -0.2) is 4.79 Å². The molecule has 0 rings (SSSR count). The third kappa shape index (κ3) is 10.7. The molecule has 0 saturated heterocycles. The Balaban J connectivity index is 4.64. The predicted molar refractivity (Wildman–Crippen MR) is 85.9 cm³/mol. The van der Waals surface area contributed by atoms with Crippen molar-refractivity contribution in [3.8, 4) is 0 Å². The number of urea groups is 1. The molecule has 0 saturated carbocycles. The molecule has 0 bridgehead atoms. The van der Waals surface area contributed by atoms with E-state index in [-0.39, 0.29) is 6.17 Å². The molecule has 0 aliphatic rings. The van der Waals surface area contributed by atoms with Crippen molar-refractivity contribution in [1.29, 1.82) is 0 Å². The molecule has 0 aromatic carbocycles. The number of hydrogen-bond acceptors (Lipinski definition) is 4. The van der Waals surface area contributed by atoms with E-state index in [1.165, 1.54) is 0 Å². The van der Waals surface area contributed by atoms with E-state index in [9.17, 15) is 4.79 Å². The van der Waals surface area contributed by atoms with Crippen molar-refractivity contribution in [2.75, 3.05) is 26.0 Å². The summed E-state index contributed by atoms with van der Waals surface area (Å²) in [6.45, 7) is 8.06. The van der Waals surface area contributed by atoms with Crippen molar-refractivity contribution in [2.24, 2.45) is 5.73 Å². The van der Waals surface area contributed by atoms with Crippen LogP contribution in [0.5, 0.6) is 0 Å². The summed E-state index contributed by atoms with van der Waals surface area (Å²) in [7, 11) is -2.88. The van der Waals surface area contributed by atoms with Gasteiger partial charge in [0.05, 0.1) is 6.17 Å². The van der Waals surface area contributed by atoms with Crippen LogP contribution in [0.3, 0.4) is 0 Å². The van der Waals surface area contributed by atoms with Gasteiger partial charge in [-0.05, 0) is 19.3 Å². The van der Waals surface area contributed by atoms with E-state index < -0.39 is 14.8 Å². The molecule has 3 N–H and O–H groups in total. The lowest BCUT2D eigenvalue weighted by Gasteiger charge is -2.29. The summed E-state index contributed by atoms with van der Waals surface area (Å²) in [5.41, 5.74) is 5.17. The van der Waals surface area contributed by atoms with Gasteiger partial charge in [0, 0.05) is 19.8 Å². The van der Waals surface area contributed by atoms with Gasteiger partial charge in [0.1, 0.15) is 0 Å². The molecule has 21 heavy (non-hydrogen) atoms. The zero-order valence-electron chi connectivity index (χ0n) is 13.8. The van der Waals surface area contributed by atoms with Gasteiger partial charge in [0.2, 0.25) is 0 Å². The molecular weight excluding hydrogens is 288 g/mol. The topological polar surface area (TPSA) is 82.8 Å². The number of rotatable bonds is 14. The van der Waals surface area contributed by atoms with Gasteiger partial charge in [0.15, 0.2) is 0 Å². The molecule has 7 heteroatoms. The Labute approximate surface area is 130 Å². The summed E-state index contributed by atoms with van der Waals surface area (Å²) in [5, 5.41) is 2.59. The zero-order valence-corrected chi connectivity index (χ0v) is 14.8. The molecule has 0 radical (unpaired) electrons. The maximum atomic E-state index is 11.0. The Morgan fingerprint density at radius 3 is 1.57 bits per heavy atom. The lowest BCUT2D eigenvalue weighted by molar-refractivity contribution is 0.0558. The second-order valence-electron chi connectivity index (χ2n) is 5.01. The first-order chi connectivity index (χ1) is 10.1. The Morgan fingerprint density at radius 1 is 0.905 bits per heavy atom. The van der Waals surface area contributed by atoms with Crippen LogP contribution >= 0.6 is 0 Å². The maximum absolute atomic E-state index is 11.0. The van der Waals surface area contributed by atoms with E-state index in [4.69, 9.17) is 19.0 Å². The molecule has 0 aromatic rings. The zero-order chi connectivity index (χ0) is 16.0. The first-order valence-corrected chi connectivity index (χ1v) is 9.98. The fraction of sp³-hybridized carbons (Fsp3) is 0.929. The average Bonchev–Trinajstić information content (AvgIpc) is 2.46. The van der Waals surface area contributed by atoms with Crippen molar-refractivity contribution in [1.82, 2.24) is 5.32 Å². The van der Waals surface area contributed by atoms with E-state index in [1.54, 1.807) is 0 Å². The van der Waals surface area contributed by atoms with E-state index in [0.29, 0.717) is 19.8 Å². The molecular formula is C14H32N2O4Si. The van der Waals surface area contributed by atoms with Gasteiger partial charge in [0.25, 0.3) is 0 Å². The molecule has 0 unspecified atom stereocenters. The van der Waals surface area contributed by atoms with Crippen molar-refractivity contribution >= 4 is 14.8 Å². The number of primary amides is 1. The number of hydrogen-bond donors (Lipinski definition) is 2. The minimum atomic E-state index is -2.88. The number of nitrogens with one attached hydrogen (secondary N) is 1. The molecule has 6 nitrogen and oxygen atoms in total. The highest BCUT2D eigenvalue weighted by atomic mass is 28.4. The van der Waals surface area contributed by atoms with Crippen LogP contribution in [-0.2, 0) is 13.3 Å². The monoisotopic (exact) mass is 320 g/mol. The van der Waals surface area contributed by atoms with Crippen LogP contribution in [0.1, 0.15) is 59.3 Å². The first kappa shape index (κ1) is 20.4. The Hall–Kier alpha value is -0.633. The van der Waals surface area contributed by atoms with E-state index in [1.807, 2.05) is 0 Å². The SMILES string of the molecule is CCCCO[Si](CNC(N)=O)(OCCCC)OCCCC. The highest BCUT2D eigenvalue weighted by Crippen LogP contribution is 2.12. The molecule has 0 aliphatic heterocycles. The van der Waals surface area contributed by atoms with Gasteiger partial charge in [-0.1, -0.05) is 40.0 Å². The summed E-state index contributed by atoms with van der Waals surface area (Å²) < 4.78 is 17.8. The van der Waals surface area contributed by atoms with Crippen molar-refractivity contribution in [2.45, 2.75) is 59.3 Å². The van der Waals surface area contributed by atoms with Gasteiger partial charge in [-0.2, -0.15) is 0 Å². The minimum Gasteiger partial charge on any atom is -0.372 e. The molecule has 0 heterocycles. The molecule has 126 valence electrons. The maximum Gasteiger partial charge on any atom is 0.521 e. The normalized spacial score (nSPS) is 11.6.